The second-order valence-electron chi connectivity index (χ2n) is 4.84. The van der Waals surface area contributed by atoms with Gasteiger partial charge in [-0.05, 0) is 30.5 Å². The van der Waals surface area contributed by atoms with Crippen LogP contribution in [0.2, 0.25) is 5.15 Å². The molecule has 1 fully saturated rings. The van der Waals surface area contributed by atoms with Crippen LogP contribution in [0.5, 0.6) is 5.75 Å². The number of phenols is 1. The molecule has 1 aromatic carbocycles. The third kappa shape index (κ3) is 3.14. The van der Waals surface area contributed by atoms with Crippen LogP contribution in [0.15, 0.2) is 29.2 Å². The number of thioether (sulfide) groups is 1. The molecule has 7 heteroatoms. The topological polar surface area (TPSA) is 58.5 Å². The van der Waals surface area contributed by atoms with Gasteiger partial charge in [-0.25, -0.2) is 9.97 Å². The van der Waals surface area contributed by atoms with Crippen molar-refractivity contribution in [2.45, 2.75) is 4.90 Å². The van der Waals surface area contributed by atoms with Crippen LogP contribution < -0.4 is 4.90 Å². The molecule has 3 rings (SSSR count). The smallest absolute Gasteiger partial charge is 0.163 e. The summed E-state index contributed by atoms with van der Waals surface area (Å²) in [5.74, 6) is 1.62. The number of hydrogen-bond donors (Lipinski definition) is 1. The Morgan fingerprint density at radius 2 is 1.86 bits per heavy atom. The van der Waals surface area contributed by atoms with Crippen molar-refractivity contribution >= 4 is 29.2 Å². The van der Waals surface area contributed by atoms with Crippen LogP contribution in [0.25, 0.3) is 11.4 Å². The number of nitrogens with zero attached hydrogens (tertiary/aromatic N) is 3. The number of anilines is 1. The van der Waals surface area contributed by atoms with Gasteiger partial charge in [0.2, 0.25) is 0 Å². The first-order chi connectivity index (χ1) is 10.7. The fourth-order valence-corrected chi connectivity index (χ4v) is 3.28. The molecule has 1 saturated heterocycles. The number of phenolic OH excluding ortho intramolecular Hbond substituents is 1. The zero-order valence-corrected chi connectivity index (χ0v) is 13.7. The minimum absolute atomic E-state index is 0.212. The largest absolute Gasteiger partial charge is 0.508 e. The maximum absolute atomic E-state index is 9.41. The van der Waals surface area contributed by atoms with Crippen molar-refractivity contribution in [1.29, 1.82) is 0 Å². The van der Waals surface area contributed by atoms with Crippen LogP contribution >= 0.6 is 23.4 Å². The zero-order chi connectivity index (χ0) is 15.5. The molecule has 0 aliphatic carbocycles. The van der Waals surface area contributed by atoms with Crippen molar-refractivity contribution in [3.63, 3.8) is 0 Å². The molecule has 22 heavy (non-hydrogen) atoms. The first-order valence-electron chi connectivity index (χ1n) is 6.92. The third-order valence-electron chi connectivity index (χ3n) is 3.45. The Labute approximate surface area is 138 Å². The molecule has 0 radical (unpaired) electrons. The van der Waals surface area contributed by atoms with E-state index in [1.807, 2.05) is 6.26 Å². The van der Waals surface area contributed by atoms with Gasteiger partial charge in [0.25, 0.3) is 0 Å². The molecule has 0 atom stereocenters. The maximum Gasteiger partial charge on any atom is 0.163 e. The average Bonchev–Trinajstić information content (AvgIpc) is 2.55. The lowest BCUT2D eigenvalue weighted by atomic mass is 10.2. The van der Waals surface area contributed by atoms with E-state index >= 15 is 0 Å². The molecule has 116 valence electrons. The van der Waals surface area contributed by atoms with Crippen molar-refractivity contribution < 1.29 is 9.84 Å². The van der Waals surface area contributed by atoms with Gasteiger partial charge in [0.15, 0.2) is 5.82 Å². The molecule has 5 nitrogen and oxygen atoms in total. The Hall–Kier alpha value is -1.50. The van der Waals surface area contributed by atoms with Gasteiger partial charge in [-0.3, -0.25) is 0 Å². The van der Waals surface area contributed by atoms with Gasteiger partial charge >= 0.3 is 0 Å². The van der Waals surface area contributed by atoms with Crippen molar-refractivity contribution in [3.05, 3.63) is 29.4 Å². The van der Waals surface area contributed by atoms with Gasteiger partial charge in [0, 0.05) is 18.7 Å². The molecular weight excluding hydrogens is 322 g/mol. The van der Waals surface area contributed by atoms with Gasteiger partial charge in [-0.15, -0.1) is 11.8 Å². The third-order valence-corrected chi connectivity index (χ3v) is 4.62. The van der Waals surface area contributed by atoms with E-state index in [1.54, 1.807) is 36.0 Å². The summed E-state index contributed by atoms with van der Waals surface area (Å²) in [7, 11) is 0. The number of morpholine rings is 1. The Morgan fingerprint density at radius 1 is 1.18 bits per heavy atom. The van der Waals surface area contributed by atoms with Crippen LogP contribution in [0, 0.1) is 0 Å². The second-order valence-corrected chi connectivity index (χ2v) is 6.02. The lowest BCUT2D eigenvalue weighted by Gasteiger charge is -2.29. The first kappa shape index (κ1) is 15.4. The summed E-state index contributed by atoms with van der Waals surface area (Å²) in [6.45, 7) is 2.94. The highest BCUT2D eigenvalue weighted by molar-refractivity contribution is 7.98. The summed E-state index contributed by atoms with van der Waals surface area (Å²) in [5, 5.41) is 9.86. The Morgan fingerprint density at radius 3 is 2.50 bits per heavy atom. The predicted molar refractivity (Wildman–Crippen MR) is 89.0 cm³/mol. The summed E-state index contributed by atoms with van der Waals surface area (Å²) >= 11 is 7.90. The molecule has 2 heterocycles. The number of benzene rings is 1. The summed E-state index contributed by atoms with van der Waals surface area (Å²) in [4.78, 5) is 12.1. The monoisotopic (exact) mass is 337 g/mol. The van der Waals surface area contributed by atoms with Gasteiger partial charge in [0.1, 0.15) is 16.7 Å². The van der Waals surface area contributed by atoms with Crippen LogP contribution in [-0.4, -0.2) is 47.6 Å². The highest BCUT2D eigenvalue weighted by atomic mass is 35.5. The quantitative estimate of drug-likeness (QED) is 0.686. The Kier molecular flexibility index (Phi) is 4.71. The molecule has 0 unspecified atom stereocenters. The summed E-state index contributed by atoms with van der Waals surface area (Å²) in [6, 6.07) is 6.79. The van der Waals surface area contributed by atoms with Gasteiger partial charge in [-0.2, -0.15) is 0 Å². The number of aromatic nitrogens is 2. The normalized spacial score (nSPS) is 15.1. The van der Waals surface area contributed by atoms with E-state index in [9.17, 15) is 5.11 Å². The molecule has 1 aromatic heterocycles. The number of halogens is 1. The number of rotatable bonds is 3. The van der Waals surface area contributed by atoms with E-state index in [0.717, 1.165) is 29.4 Å². The van der Waals surface area contributed by atoms with E-state index in [-0.39, 0.29) is 5.75 Å². The van der Waals surface area contributed by atoms with Crippen LogP contribution in [-0.2, 0) is 4.74 Å². The molecule has 1 aliphatic heterocycles. The molecule has 0 spiro atoms. The SMILES string of the molecule is CSc1c(Cl)nc(-c2ccc(O)cc2)nc1N1CCOCC1. The summed E-state index contributed by atoms with van der Waals surface area (Å²) in [6.07, 6.45) is 1.97. The van der Waals surface area contributed by atoms with Crippen molar-refractivity contribution in [3.8, 4) is 17.1 Å². The highest BCUT2D eigenvalue weighted by Gasteiger charge is 2.20. The Balaban J connectivity index is 2.05. The summed E-state index contributed by atoms with van der Waals surface area (Å²) < 4.78 is 5.40. The fourth-order valence-electron chi connectivity index (χ4n) is 2.32. The number of aromatic hydroxyl groups is 1. The van der Waals surface area contributed by atoms with E-state index < -0.39 is 0 Å². The van der Waals surface area contributed by atoms with Crippen molar-refractivity contribution in [2.75, 3.05) is 37.5 Å². The van der Waals surface area contributed by atoms with Crippen molar-refractivity contribution in [2.24, 2.45) is 0 Å². The molecule has 2 aromatic rings. The minimum atomic E-state index is 0.212. The number of ether oxygens (including phenoxy) is 1. The average molecular weight is 338 g/mol. The number of hydrogen-bond acceptors (Lipinski definition) is 6. The molecule has 1 N–H and O–H groups in total. The first-order valence-corrected chi connectivity index (χ1v) is 8.53. The zero-order valence-electron chi connectivity index (χ0n) is 12.1. The predicted octanol–water partition coefficient (Wildman–Crippen LogP) is 3.06. The molecular formula is C15H16ClN3O2S. The standard InChI is InChI=1S/C15H16ClN3O2S/c1-22-12-13(16)17-14(10-2-4-11(20)5-3-10)18-15(12)19-6-8-21-9-7-19/h2-5,20H,6-9H2,1H3. The molecule has 0 saturated carbocycles. The van der Waals surface area contributed by atoms with E-state index in [4.69, 9.17) is 21.3 Å². The van der Waals surface area contributed by atoms with Crippen LogP contribution in [0.3, 0.4) is 0 Å². The lowest BCUT2D eigenvalue weighted by Crippen LogP contribution is -2.37. The van der Waals surface area contributed by atoms with Crippen LogP contribution in [0.1, 0.15) is 0 Å². The summed E-state index contributed by atoms with van der Waals surface area (Å²) in [5.41, 5.74) is 0.821. The maximum atomic E-state index is 9.41. The molecule has 0 bridgehead atoms. The van der Waals surface area contributed by atoms with Gasteiger partial charge in [0.05, 0.1) is 18.1 Å². The van der Waals surface area contributed by atoms with E-state index in [1.165, 1.54) is 0 Å². The van der Waals surface area contributed by atoms with Gasteiger partial charge < -0.3 is 14.7 Å². The van der Waals surface area contributed by atoms with Gasteiger partial charge in [-0.1, -0.05) is 11.6 Å². The molecule has 0 amide bonds. The van der Waals surface area contributed by atoms with Crippen LogP contribution in [0.4, 0.5) is 5.82 Å². The fraction of sp³-hybridized carbons (Fsp3) is 0.333. The minimum Gasteiger partial charge on any atom is -0.508 e. The van der Waals surface area contributed by atoms with E-state index in [2.05, 4.69) is 9.88 Å². The second kappa shape index (κ2) is 6.73. The highest BCUT2D eigenvalue weighted by Crippen LogP contribution is 2.35. The van der Waals surface area contributed by atoms with E-state index in [0.29, 0.717) is 24.2 Å². The molecule has 1 aliphatic rings. The Bertz CT molecular complexity index is 661. The van der Waals surface area contributed by atoms with Crippen molar-refractivity contribution in [1.82, 2.24) is 9.97 Å². The lowest BCUT2D eigenvalue weighted by molar-refractivity contribution is 0.122.